The smallest absolute Gasteiger partial charge is 0.339 e. The lowest BCUT2D eigenvalue weighted by molar-refractivity contribution is -0.384. The summed E-state index contributed by atoms with van der Waals surface area (Å²) >= 11 is 11.0. The van der Waals surface area contributed by atoms with Gasteiger partial charge in [0.25, 0.3) is 5.69 Å². The Morgan fingerprint density at radius 2 is 0.650 bits per heavy atom. The highest BCUT2D eigenvalue weighted by molar-refractivity contribution is 6.31. The molecule has 0 radical (unpaired) electrons. The van der Waals surface area contributed by atoms with Crippen molar-refractivity contribution in [2.24, 2.45) is 0 Å². The van der Waals surface area contributed by atoms with Gasteiger partial charge in [-0.15, -0.1) is 0 Å². The van der Waals surface area contributed by atoms with Crippen LogP contribution >= 0.6 is 23.2 Å². The molecule has 34 heteroatoms. The molecule has 9 rings (SSSR count). The monoisotopic (exact) mass is 1430 g/mol. The number of non-ortho nitro benzene ring substituents is 1. The van der Waals surface area contributed by atoms with Crippen molar-refractivity contribution in [3.8, 4) is 51.7 Å². The van der Waals surface area contributed by atoms with Crippen LogP contribution in [0.3, 0.4) is 0 Å². The van der Waals surface area contributed by atoms with Crippen LogP contribution in [0.4, 0.5) is 14.5 Å². The van der Waals surface area contributed by atoms with Crippen LogP contribution in [-0.2, 0) is 0 Å². The van der Waals surface area contributed by atoms with E-state index in [1.165, 1.54) is 84.9 Å². The summed E-state index contributed by atoms with van der Waals surface area (Å²) in [4.78, 5) is 103. The van der Waals surface area contributed by atoms with E-state index in [0.717, 1.165) is 59.7 Å². The Hall–Kier alpha value is -13.8. The fourth-order valence-electron chi connectivity index (χ4n) is 6.67. The van der Waals surface area contributed by atoms with Crippen molar-refractivity contribution in [1.29, 1.82) is 0 Å². The molecule has 0 heterocycles. The summed E-state index contributed by atoms with van der Waals surface area (Å²) in [7, 11) is 0. The Morgan fingerprint density at radius 1 is 0.320 bits per heavy atom. The van der Waals surface area contributed by atoms with E-state index in [9.17, 15) is 67.2 Å². The highest BCUT2D eigenvalue weighted by Gasteiger charge is 2.17. The Kier molecular flexibility index (Phi) is 34.1. The van der Waals surface area contributed by atoms with E-state index in [1.807, 2.05) is 0 Å². The predicted molar refractivity (Wildman–Crippen MR) is 346 cm³/mol. The minimum Gasteiger partial charge on any atom is -0.507 e. The number of phenols is 9. The van der Waals surface area contributed by atoms with Gasteiger partial charge in [0.15, 0.2) is 11.6 Å². The van der Waals surface area contributed by atoms with Gasteiger partial charge in [-0.25, -0.2) is 51.9 Å². The zero-order valence-electron chi connectivity index (χ0n) is 51.2. The first kappa shape index (κ1) is 84.3. The number of benzene rings is 9. The molecule has 0 aliphatic carbocycles. The molecular weight excluding hydrogens is 1380 g/mol. The van der Waals surface area contributed by atoms with Crippen LogP contribution in [-0.4, -0.2) is 151 Å². The van der Waals surface area contributed by atoms with Gasteiger partial charge in [0.2, 0.25) is 0 Å². The number of rotatable bonds is 10. The third kappa shape index (κ3) is 28.5. The van der Waals surface area contributed by atoms with Gasteiger partial charge in [-0.1, -0.05) is 71.2 Å². The van der Waals surface area contributed by atoms with Crippen LogP contribution in [0.5, 0.6) is 51.7 Å². The van der Waals surface area contributed by atoms with Gasteiger partial charge >= 0.3 is 53.7 Å². The third-order valence-corrected chi connectivity index (χ3v) is 12.0. The second-order valence-electron chi connectivity index (χ2n) is 18.9. The largest absolute Gasteiger partial charge is 0.507 e. The fraction of sp³-hybridized carbons (Fsp3) is 0.0455. The number of carboxylic acid groups (broad SMARTS) is 9. The molecule has 100 heavy (non-hydrogen) atoms. The van der Waals surface area contributed by atoms with Gasteiger partial charge in [-0.3, -0.25) is 10.1 Å². The van der Waals surface area contributed by atoms with E-state index in [0.29, 0.717) is 15.6 Å². The number of aromatic hydroxyl groups is 9. The Bertz CT molecular complexity index is 4170. The molecule has 9 aromatic rings. The molecule has 0 saturated heterocycles. The average Bonchev–Trinajstić information content (AvgIpc) is 0.894. The lowest BCUT2D eigenvalue weighted by Crippen LogP contribution is -1.98. The first-order chi connectivity index (χ1) is 46.5. The number of aryl methyl sites for hydroxylation is 3. The predicted octanol–water partition coefficient (Wildman–Crippen LogP) is 12.2. The van der Waals surface area contributed by atoms with E-state index in [1.54, 1.807) is 57.2 Å². The Labute approximate surface area is 570 Å². The number of carbonyl (C=O) groups is 9. The van der Waals surface area contributed by atoms with Crippen molar-refractivity contribution in [3.63, 3.8) is 0 Å². The van der Waals surface area contributed by atoms with Crippen LogP contribution in [0.1, 0.15) is 110 Å². The van der Waals surface area contributed by atoms with E-state index >= 15 is 0 Å². The van der Waals surface area contributed by atoms with Crippen LogP contribution in [0.15, 0.2) is 170 Å². The Morgan fingerprint density at radius 3 is 1.05 bits per heavy atom. The number of aromatic carboxylic acids is 9. The van der Waals surface area contributed by atoms with Gasteiger partial charge in [-0.2, -0.15) is 0 Å². The number of nitro benzene ring substituents is 1. The van der Waals surface area contributed by atoms with E-state index < -0.39 is 104 Å². The number of nitrogens with zero attached hydrogens (tertiary/aromatic N) is 1. The number of hydrogen-bond acceptors (Lipinski definition) is 20. The summed E-state index contributed by atoms with van der Waals surface area (Å²) < 4.78 is 24.8. The van der Waals surface area contributed by atoms with Gasteiger partial charge in [0, 0.05) is 22.2 Å². The molecule has 0 bridgehead atoms. The summed E-state index contributed by atoms with van der Waals surface area (Å²) in [6.07, 6.45) is 0. The zero-order chi connectivity index (χ0) is 76.6. The van der Waals surface area contributed by atoms with Crippen molar-refractivity contribution >= 4 is 82.6 Å². The number of halogens is 4. The lowest BCUT2D eigenvalue weighted by atomic mass is 10.1. The number of carboxylic acids is 9. The average molecular weight is 1440 g/mol. The molecule has 0 spiro atoms. The minimum atomic E-state index is -1.40. The maximum absolute atomic E-state index is 12.4. The van der Waals surface area contributed by atoms with Crippen LogP contribution in [0.25, 0.3) is 0 Å². The molecule has 0 unspecified atom stereocenters. The van der Waals surface area contributed by atoms with Crippen molar-refractivity contribution in [1.82, 2.24) is 0 Å². The van der Waals surface area contributed by atoms with Gasteiger partial charge in [0.05, 0.1) is 4.92 Å². The molecule has 0 aromatic heterocycles. The van der Waals surface area contributed by atoms with Crippen LogP contribution in [0.2, 0.25) is 10.0 Å². The number of para-hydroxylation sites is 3. The molecule has 30 nitrogen and oxygen atoms in total. The SMILES string of the molecule is Cc1ccc(C(=O)O)c(O)c1.Cc1ccc(O)c(C(=O)O)c1.Cc1cccc(C(=O)O)c1O.O=C(O)c1cc(Cl)ccc1O.O=C(O)c1cc(F)ccc1O.O=C(O)c1cc([N+](=O)[O-])ccc1O.O=C(O)c1ccc(Cl)cc1O.O=C(O)c1cccc(F)c1O.O=C(O)c1ccccc1O. The van der Waals surface area contributed by atoms with Crippen molar-refractivity contribution < 1.29 is 149 Å². The second-order valence-corrected chi connectivity index (χ2v) is 19.7. The maximum Gasteiger partial charge on any atom is 0.339 e. The molecule has 18 N–H and O–H groups in total. The molecule has 0 amide bonds. The van der Waals surface area contributed by atoms with Crippen molar-refractivity contribution in [3.05, 3.63) is 268 Å². The molecule has 9 aromatic carbocycles. The molecule has 0 saturated carbocycles. The molecule has 0 aliphatic rings. The summed E-state index contributed by atoms with van der Waals surface area (Å²) in [5.41, 5.74) is -0.0167. The summed E-state index contributed by atoms with van der Waals surface area (Å²) in [6, 6.07) is 35.9. The van der Waals surface area contributed by atoms with Gasteiger partial charge in [0.1, 0.15) is 102 Å². The molecule has 0 aliphatic heterocycles. The van der Waals surface area contributed by atoms with Crippen molar-refractivity contribution in [2.75, 3.05) is 0 Å². The second kappa shape index (κ2) is 40.5. The first-order valence-electron chi connectivity index (χ1n) is 26.7. The number of hydrogen-bond donors (Lipinski definition) is 18. The molecular formula is C66H55Cl2F2NO29. The topological polar surface area (TPSA) is 561 Å². The van der Waals surface area contributed by atoms with Crippen LogP contribution < -0.4 is 0 Å². The molecule has 0 atom stereocenters. The lowest BCUT2D eigenvalue weighted by Gasteiger charge is -2.00. The van der Waals surface area contributed by atoms with Crippen LogP contribution in [0, 0.1) is 42.5 Å². The van der Waals surface area contributed by atoms with E-state index in [2.05, 4.69) is 0 Å². The standard InChI is InChI=1S/3C8H8O3.2C7H5ClO3.2C7H5FO3.C7H5NO5.C7H6O3/c1-5-2-3-7(9)6(4-5)8(10)11;1-5-2-3-6(8(10)11)7(9)4-5;1-5-3-2-4-6(7(5)9)8(10)11;8-4-1-2-6(9)5(3-4)7(10)11;8-4-1-2-5(7(10)11)6(9)3-4;8-4-1-2-6(9)5(3-4)7(10)11;8-5-3-1-2-4(6(5)9)7(10)11;9-6-2-1-4(8(12)13)3-5(6)7(10)11;8-6-4-2-1-3-5(6)7(9)10/h3*2-4,9H,1H3,(H,10,11);4*1-3,9H,(H,10,11);1-3,9H,(H,10,11);1-4,8H,(H,9,10). The number of nitro groups is 1. The highest BCUT2D eigenvalue weighted by Crippen LogP contribution is 2.26. The summed E-state index contributed by atoms with van der Waals surface area (Å²) in [5.74, 6) is -15.5. The van der Waals surface area contributed by atoms with E-state index in [4.69, 9.17) is 110 Å². The Balaban J connectivity index is 0.000000563. The minimum absolute atomic E-state index is 0.0509. The van der Waals surface area contributed by atoms with Gasteiger partial charge in [-0.05, 0) is 147 Å². The maximum atomic E-state index is 12.4. The summed E-state index contributed by atoms with van der Waals surface area (Å²) in [6.45, 7) is 5.21. The zero-order valence-corrected chi connectivity index (χ0v) is 52.7. The quantitative estimate of drug-likeness (QED) is 0.0447. The van der Waals surface area contributed by atoms with Gasteiger partial charge < -0.3 is 91.9 Å². The van der Waals surface area contributed by atoms with Crippen molar-refractivity contribution in [2.45, 2.75) is 20.8 Å². The normalized spacial score (nSPS) is 9.51. The molecule has 0 fully saturated rings. The molecule has 526 valence electrons. The summed E-state index contributed by atoms with van der Waals surface area (Å²) in [5, 5.41) is 168. The highest BCUT2D eigenvalue weighted by atomic mass is 35.5. The van der Waals surface area contributed by atoms with E-state index in [-0.39, 0.29) is 73.6 Å². The third-order valence-electron chi connectivity index (χ3n) is 11.6. The first-order valence-corrected chi connectivity index (χ1v) is 27.5. The fourth-order valence-corrected chi connectivity index (χ4v) is 7.01.